The highest BCUT2D eigenvalue weighted by molar-refractivity contribution is 5.79. The Morgan fingerprint density at radius 3 is 2.64 bits per heavy atom. The van der Waals surface area contributed by atoms with E-state index >= 15 is 0 Å². The number of ether oxygens (including phenoxy) is 3. The van der Waals surface area contributed by atoms with Crippen LogP contribution in [0.25, 0.3) is 0 Å². The van der Waals surface area contributed by atoms with Crippen LogP contribution in [0.4, 0.5) is 0 Å². The number of methoxy groups -OCH3 is 2. The predicted molar refractivity (Wildman–Crippen MR) is 90.6 cm³/mol. The molecule has 2 aromatic rings. The number of cyclic esters (lactones) is 1. The topological polar surface area (TPSA) is 65.0 Å². The molecule has 25 heavy (non-hydrogen) atoms. The van der Waals surface area contributed by atoms with Gasteiger partial charge >= 0.3 is 5.97 Å². The standard InChI is InChI=1S/C20H20O5/c1-23-16-8-7-14(10-17(16)24-2)20(22)15-6-4-3-5-12(15)9-13-11-25-19(21)18(13)20/h3-8,10,13,18,22H,9,11H2,1-2H3/t13-,18-,20-/m1/s1. The molecule has 5 nitrogen and oxygen atoms in total. The van der Waals surface area contributed by atoms with E-state index in [1.165, 1.54) is 0 Å². The maximum absolute atomic E-state index is 12.4. The zero-order chi connectivity index (χ0) is 17.6. The van der Waals surface area contributed by atoms with Crippen LogP contribution in [0.1, 0.15) is 16.7 Å². The Hall–Kier alpha value is -2.53. The number of aliphatic hydroxyl groups is 1. The molecular formula is C20H20O5. The van der Waals surface area contributed by atoms with Crippen LogP contribution in [-0.4, -0.2) is 31.9 Å². The van der Waals surface area contributed by atoms with Crippen molar-refractivity contribution < 1.29 is 24.1 Å². The summed E-state index contributed by atoms with van der Waals surface area (Å²) in [6, 6.07) is 13.0. The Bertz CT molecular complexity index is 831. The van der Waals surface area contributed by atoms with E-state index in [4.69, 9.17) is 14.2 Å². The van der Waals surface area contributed by atoms with Crippen LogP contribution in [0, 0.1) is 11.8 Å². The average Bonchev–Trinajstić information content (AvgIpc) is 3.02. The monoisotopic (exact) mass is 340 g/mol. The minimum Gasteiger partial charge on any atom is -0.493 e. The van der Waals surface area contributed by atoms with Gasteiger partial charge in [0.05, 0.1) is 20.8 Å². The third-order valence-electron chi connectivity index (χ3n) is 5.35. The van der Waals surface area contributed by atoms with Crippen molar-refractivity contribution in [2.24, 2.45) is 11.8 Å². The number of hydrogen-bond donors (Lipinski definition) is 1. The fourth-order valence-electron chi connectivity index (χ4n) is 4.18. The summed E-state index contributed by atoms with van der Waals surface area (Å²) in [6.45, 7) is 0.341. The second kappa shape index (κ2) is 5.77. The molecule has 130 valence electrons. The van der Waals surface area contributed by atoms with Gasteiger partial charge in [0, 0.05) is 5.92 Å². The van der Waals surface area contributed by atoms with E-state index in [1.807, 2.05) is 24.3 Å². The Morgan fingerprint density at radius 2 is 1.88 bits per heavy atom. The molecule has 0 saturated carbocycles. The van der Waals surface area contributed by atoms with Crippen molar-refractivity contribution in [3.63, 3.8) is 0 Å². The number of hydrogen-bond acceptors (Lipinski definition) is 5. The summed E-state index contributed by atoms with van der Waals surface area (Å²) in [7, 11) is 3.11. The van der Waals surface area contributed by atoms with E-state index in [0.717, 1.165) is 17.5 Å². The van der Waals surface area contributed by atoms with E-state index in [1.54, 1.807) is 32.4 Å². The van der Waals surface area contributed by atoms with Gasteiger partial charge in [-0.15, -0.1) is 0 Å². The predicted octanol–water partition coefficient (Wildman–Crippen LogP) is 2.29. The van der Waals surface area contributed by atoms with Gasteiger partial charge in [-0.2, -0.15) is 0 Å². The fourth-order valence-corrected chi connectivity index (χ4v) is 4.18. The second-order valence-corrected chi connectivity index (χ2v) is 6.57. The minimum absolute atomic E-state index is 0.0412. The van der Waals surface area contributed by atoms with Gasteiger partial charge in [0.2, 0.25) is 0 Å². The summed E-state index contributed by atoms with van der Waals surface area (Å²) in [4.78, 5) is 12.4. The summed E-state index contributed by atoms with van der Waals surface area (Å²) in [5.41, 5.74) is 0.944. The summed E-state index contributed by atoms with van der Waals surface area (Å²) in [5, 5.41) is 11.8. The molecule has 5 heteroatoms. The van der Waals surface area contributed by atoms with Crippen LogP contribution >= 0.6 is 0 Å². The van der Waals surface area contributed by atoms with Crippen molar-refractivity contribution in [1.29, 1.82) is 0 Å². The average molecular weight is 340 g/mol. The van der Waals surface area contributed by atoms with Crippen LogP contribution in [0.5, 0.6) is 11.5 Å². The lowest BCUT2D eigenvalue weighted by atomic mass is 9.64. The van der Waals surface area contributed by atoms with Crippen molar-refractivity contribution in [3.05, 3.63) is 59.2 Å². The Labute approximate surface area is 146 Å². The Balaban J connectivity index is 1.94. The molecule has 1 fully saturated rings. The molecule has 1 aliphatic heterocycles. The molecule has 0 spiro atoms. The molecule has 2 aromatic carbocycles. The highest BCUT2D eigenvalue weighted by Gasteiger charge is 2.56. The summed E-state index contributed by atoms with van der Waals surface area (Å²) < 4.78 is 16.0. The normalized spacial score (nSPS) is 27.2. The zero-order valence-electron chi connectivity index (χ0n) is 14.2. The molecule has 0 amide bonds. The minimum atomic E-state index is -1.45. The van der Waals surface area contributed by atoms with Crippen molar-refractivity contribution in [1.82, 2.24) is 0 Å². The highest BCUT2D eigenvalue weighted by atomic mass is 16.5. The van der Waals surface area contributed by atoms with Crippen LogP contribution < -0.4 is 9.47 Å². The molecule has 3 atom stereocenters. The van der Waals surface area contributed by atoms with Gasteiger partial charge in [-0.05, 0) is 35.2 Å². The van der Waals surface area contributed by atoms with E-state index in [2.05, 4.69) is 0 Å². The molecular weight excluding hydrogens is 320 g/mol. The first-order valence-electron chi connectivity index (χ1n) is 8.29. The highest BCUT2D eigenvalue weighted by Crippen LogP contribution is 2.50. The van der Waals surface area contributed by atoms with Crippen molar-refractivity contribution in [2.75, 3.05) is 20.8 Å². The molecule has 4 rings (SSSR count). The maximum atomic E-state index is 12.4. The third kappa shape index (κ3) is 2.23. The van der Waals surface area contributed by atoms with E-state index in [0.29, 0.717) is 23.7 Å². The molecule has 1 heterocycles. The lowest BCUT2D eigenvalue weighted by Crippen LogP contribution is -2.46. The van der Waals surface area contributed by atoms with E-state index < -0.39 is 11.5 Å². The lowest BCUT2D eigenvalue weighted by Gasteiger charge is -2.41. The molecule has 2 aliphatic rings. The van der Waals surface area contributed by atoms with Crippen LogP contribution in [0.3, 0.4) is 0 Å². The molecule has 1 aliphatic carbocycles. The Kier molecular flexibility index (Phi) is 3.69. The van der Waals surface area contributed by atoms with Crippen LogP contribution in [0.15, 0.2) is 42.5 Å². The fraction of sp³-hybridized carbons (Fsp3) is 0.350. The summed E-state index contributed by atoms with van der Waals surface area (Å²) in [5.74, 6) is 0.0710. The van der Waals surface area contributed by atoms with Gasteiger partial charge in [-0.25, -0.2) is 0 Å². The van der Waals surface area contributed by atoms with E-state index in [9.17, 15) is 9.90 Å². The molecule has 0 aromatic heterocycles. The van der Waals surface area contributed by atoms with Gasteiger partial charge in [0.1, 0.15) is 11.5 Å². The van der Waals surface area contributed by atoms with Gasteiger partial charge in [0.15, 0.2) is 11.5 Å². The van der Waals surface area contributed by atoms with Gasteiger partial charge < -0.3 is 19.3 Å². The van der Waals surface area contributed by atoms with Gasteiger partial charge in [-0.1, -0.05) is 30.3 Å². The first-order chi connectivity index (χ1) is 12.1. The SMILES string of the molecule is COc1ccc([C@@]2(O)c3ccccc3C[C@@H]3COC(=O)[C@@H]32)cc1OC. The Morgan fingerprint density at radius 1 is 1.12 bits per heavy atom. The molecule has 0 bridgehead atoms. The largest absolute Gasteiger partial charge is 0.493 e. The van der Waals surface area contributed by atoms with Gasteiger partial charge in [0.25, 0.3) is 0 Å². The number of carbonyl (C=O) groups excluding carboxylic acids is 1. The smallest absolute Gasteiger partial charge is 0.313 e. The number of fused-ring (bicyclic) bond motifs is 2. The first-order valence-corrected chi connectivity index (χ1v) is 8.29. The number of rotatable bonds is 3. The lowest BCUT2D eigenvalue weighted by molar-refractivity contribution is -0.148. The second-order valence-electron chi connectivity index (χ2n) is 6.57. The van der Waals surface area contributed by atoms with Crippen molar-refractivity contribution in [3.8, 4) is 11.5 Å². The number of carbonyl (C=O) groups is 1. The van der Waals surface area contributed by atoms with E-state index in [-0.39, 0.29) is 11.9 Å². The first kappa shape index (κ1) is 16.0. The van der Waals surface area contributed by atoms with Gasteiger partial charge in [-0.3, -0.25) is 4.79 Å². The summed E-state index contributed by atoms with van der Waals surface area (Å²) >= 11 is 0. The maximum Gasteiger partial charge on any atom is 0.313 e. The number of esters is 1. The number of benzene rings is 2. The van der Waals surface area contributed by atoms with Crippen molar-refractivity contribution in [2.45, 2.75) is 12.0 Å². The molecule has 1 saturated heterocycles. The van der Waals surface area contributed by atoms with Crippen LogP contribution in [-0.2, 0) is 21.6 Å². The summed E-state index contributed by atoms with van der Waals surface area (Å²) in [6.07, 6.45) is 0.724. The third-order valence-corrected chi connectivity index (χ3v) is 5.35. The molecule has 0 radical (unpaired) electrons. The zero-order valence-corrected chi connectivity index (χ0v) is 14.2. The quantitative estimate of drug-likeness (QED) is 0.869. The van der Waals surface area contributed by atoms with Crippen LogP contribution in [0.2, 0.25) is 0 Å². The van der Waals surface area contributed by atoms with Crippen molar-refractivity contribution >= 4 is 5.97 Å². The molecule has 0 unspecified atom stereocenters. The molecule has 1 N–H and O–H groups in total.